The van der Waals surface area contributed by atoms with Crippen molar-refractivity contribution in [2.45, 2.75) is 30.9 Å². The highest BCUT2D eigenvalue weighted by atomic mass is 32.2. The Morgan fingerprint density at radius 2 is 2.16 bits per heavy atom. The number of rotatable bonds is 4. The van der Waals surface area contributed by atoms with Crippen molar-refractivity contribution in [2.24, 2.45) is 0 Å². The van der Waals surface area contributed by atoms with Crippen LogP contribution in [0.1, 0.15) is 35.6 Å². The highest BCUT2D eigenvalue weighted by Gasteiger charge is 2.31. The molecule has 1 aromatic carbocycles. The van der Waals surface area contributed by atoms with Crippen molar-refractivity contribution in [1.82, 2.24) is 0 Å². The molecule has 1 N–H and O–H groups in total. The number of halogens is 1. The summed E-state index contributed by atoms with van der Waals surface area (Å²) in [5, 5.41) is 7.82. The van der Waals surface area contributed by atoms with Gasteiger partial charge in [0.15, 0.2) is 9.84 Å². The average molecular weight is 286 g/mol. The fourth-order valence-electron chi connectivity index (χ4n) is 2.47. The Bertz CT molecular complexity index is 595. The molecule has 0 saturated carbocycles. The Kier molecular flexibility index (Phi) is 3.89. The lowest BCUT2D eigenvalue weighted by Gasteiger charge is -2.25. The largest absolute Gasteiger partial charge is 0.481 e. The van der Waals surface area contributed by atoms with E-state index in [9.17, 15) is 17.6 Å². The summed E-state index contributed by atoms with van der Waals surface area (Å²) in [5.41, 5.74) is 1.34. The van der Waals surface area contributed by atoms with Gasteiger partial charge in [0.25, 0.3) is 0 Å². The predicted molar refractivity (Wildman–Crippen MR) is 68.1 cm³/mol. The maximum Gasteiger partial charge on any atom is 0.304 e. The van der Waals surface area contributed by atoms with Gasteiger partial charge in [-0.15, -0.1) is 0 Å². The molecule has 0 fully saturated rings. The van der Waals surface area contributed by atoms with Crippen LogP contribution in [0.5, 0.6) is 0 Å². The van der Waals surface area contributed by atoms with Gasteiger partial charge in [-0.05, 0) is 42.5 Å². The molecule has 0 radical (unpaired) electrons. The number of carbonyl (C=O) groups is 1. The van der Waals surface area contributed by atoms with Crippen molar-refractivity contribution in [3.8, 4) is 0 Å². The minimum absolute atomic E-state index is 0.400. The van der Waals surface area contributed by atoms with Crippen LogP contribution in [0, 0.1) is 5.82 Å². The van der Waals surface area contributed by atoms with Crippen molar-refractivity contribution in [1.29, 1.82) is 0 Å². The van der Waals surface area contributed by atoms with Crippen LogP contribution >= 0.6 is 0 Å². The lowest BCUT2D eigenvalue weighted by molar-refractivity contribution is -0.136. The molecule has 0 spiro atoms. The topological polar surface area (TPSA) is 71.4 Å². The van der Waals surface area contributed by atoms with Gasteiger partial charge in [-0.2, -0.15) is 0 Å². The molecule has 1 aliphatic carbocycles. The lowest BCUT2D eigenvalue weighted by Crippen LogP contribution is -2.23. The van der Waals surface area contributed by atoms with Gasteiger partial charge in [-0.1, -0.05) is 6.07 Å². The third kappa shape index (κ3) is 3.12. The van der Waals surface area contributed by atoms with Crippen LogP contribution in [-0.2, 0) is 21.1 Å². The SMILES string of the molecule is O=C(O)CCS(=O)(=O)C1CCCc2ccc(F)cc21. The van der Waals surface area contributed by atoms with Crippen LogP contribution in [0.25, 0.3) is 0 Å². The van der Waals surface area contributed by atoms with Gasteiger partial charge in [0.1, 0.15) is 5.82 Å². The van der Waals surface area contributed by atoms with Crippen molar-refractivity contribution >= 4 is 15.8 Å². The first-order chi connectivity index (χ1) is 8.90. The van der Waals surface area contributed by atoms with E-state index in [0.717, 1.165) is 18.4 Å². The summed E-state index contributed by atoms with van der Waals surface area (Å²) in [6.45, 7) is 0. The molecule has 1 atom stereocenters. The number of hydrogen-bond donors (Lipinski definition) is 1. The van der Waals surface area contributed by atoms with Gasteiger partial charge in [0.2, 0.25) is 0 Å². The number of fused-ring (bicyclic) bond motifs is 1. The molecule has 0 heterocycles. The maximum atomic E-state index is 13.3. The Morgan fingerprint density at radius 3 is 2.84 bits per heavy atom. The first kappa shape index (κ1) is 14.0. The zero-order valence-electron chi connectivity index (χ0n) is 10.3. The lowest BCUT2D eigenvalue weighted by atomic mass is 9.91. The fourth-order valence-corrected chi connectivity index (χ4v) is 4.35. The molecule has 0 aromatic heterocycles. The summed E-state index contributed by atoms with van der Waals surface area (Å²) in [4.78, 5) is 10.5. The van der Waals surface area contributed by atoms with Crippen LogP contribution in [0.2, 0.25) is 0 Å². The van der Waals surface area contributed by atoms with E-state index in [1.165, 1.54) is 12.1 Å². The molecule has 1 unspecified atom stereocenters. The van der Waals surface area contributed by atoms with E-state index in [1.54, 1.807) is 6.07 Å². The van der Waals surface area contributed by atoms with Crippen molar-refractivity contribution in [3.63, 3.8) is 0 Å². The molecule has 0 aliphatic heterocycles. The third-order valence-electron chi connectivity index (χ3n) is 3.40. The zero-order chi connectivity index (χ0) is 14.0. The predicted octanol–water partition coefficient (Wildman–Crippen LogP) is 2.09. The van der Waals surface area contributed by atoms with Gasteiger partial charge in [0.05, 0.1) is 17.4 Å². The molecule has 19 heavy (non-hydrogen) atoms. The Hall–Kier alpha value is -1.43. The van der Waals surface area contributed by atoms with E-state index < -0.39 is 39.0 Å². The number of aliphatic carboxylic acids is 1. The number of carboxylic acid groups (broad SMARTS) is 1. The second kappa shape index (κ2) is 5.28. The summed E-state index contributed by atoms with van der Waals surface area (Å²) in [7, 11) is -3.56. The standard InChI is InChI=1S/C13H15FO4S/c14-10-5-4-9-2-1-3-12(11(9)8-10)19(17,18)7-6-13(15)16/h4-5,8,12H,1-3,6-7H2,(H,15,16). The van der Waals surface area contributed by atoms with Crippen LogP contribution in [0.3, 0.4) is 0 Å². The second-order valence-corrected chi connectivity index (χ2v) is 7.04. The molecular formula is C13H15FO4S. The maximum absolute atomic E-state index is 13.3. The van der Waals surface area contributed by atoms with Gasteiger partial charge in [-0.25, -0.2) is 12.8 Å². The van der Waals surface area contributed by atoms with Crippen molar-refractivity contribution in [3.05, 3.63) is 35.1 Å². The summed E-state index contributed by atoms with van der Waals surface area (Å²) in [6.07, 6.45) is 1.47. The molecule has 2 rings (SSSR count). The van der Waals surface area contributed by atoms with E-state index in [2.05, 4.69) is 0 Å². The van der Waals surface area contributed by atoms with Gasteiger partial charge in [0, 0.05) is 0 Å². The summed E-state index contributed by atoms with van der Waals surface area (Å²) < 4.78 is 37.6. The number of hydrogen-bond acceptors (Lipinski definition) is 3. The van der Waals surface area contributed by atoms with E-state index >= 15 is 0 Å². The molecule has 6 heteroatoms. The Morgan fingerprint density at radius 1 is 1.42 bits per heavy atom. The van der Waals surface area contributed by atoms with Gasteiger partial charge in [-0.3, -0.25) is 4.79 Å². The minimum atomic E-state index is -3.56. The number of aryl methyl sites for hydroxylation is 1. The molecule has 0 amide bonds. The highest BCUT2D eigenvalue weighted by Crippen LogP contribution is 2.36. The van der Waals surface area contributed by atoms with Crippen molar-refractivity contribution < 1.29 is 22.7 Å². The third-order valence-corrected chi connectivity index (χ3v) is 5.53. The molecule has 1 aromatic rings. The smallest absolute Gasteiger partial charge is 0.304 e. The summed E-state index contributed by atoms with van der Waals surface area (Å²) in [6, 6.07) is 4.20. The molecular weight excluding hydrogens is 271 g/mol. The minimum Gasteiger partial charge on any atom is -0.481 e. The van der Waals surface area contributed by atoms with Crippen LogP contribution in [0.4, 0.5) is 4.39 Å². The first-order valence-corrected chi connectivity index (χ1v) is 7.83. The zero-order valence-corrected chi connectivity index (χ0v) is 11.1. The molecule has 0 saturated heterocycles. The van der Waals surface area contributed by atoms with Gasteiger partial charge >= 0.3 is 5.97 Å². The van der Waals surface area contributed by atoms with E-state index in [4.69, 9.17) is 5.11 Å². The quantitative estimate of drug-likeness (QED) is 0.920. The van der Waals surface area contributed by atoms with Crippen LogP contribution < -0.4 is 0 Å². The number of sulfone groups is 1. The fraction of sp³-hybridized carbons (Fsp3) is 0.462. The molecule has 0 bridgehead atoms. The number of carboxylic acids is 1. The Balaban J connectivity index is 2.32. The normalized spacial score (nSPS) is 18.9. The number of benzene rings is 1. The molecule has 104 valence electrons. The first-order valence-electron chi connectivity index (χ1n) is 6.12. The van der Waals surface area contributed by atoms with Crippen molar-refractivity contribution in [2.75, 3.05) is 5.75 Å². The summed E-state index contributed by atoms with van der Waals surface area (Å²) in [5.74, 6) is -2.00. The van der Waals surface area contributed by atoms with Crippen LogP contribution in [-0.4, -0.2) is 25.2 Å². The Labute approximate surface area is 111 Å². The monoisotopic (exact) mass is 286 g/mol. The second-order valence-electron chi connectivity index (χ2n) is 4.73. The van der Waals surface area contributed by atoms with E-state index in [0.29, 0.717) is 12.0 Å². The highest BCUT2D eigenvalue weighted by molar-refractivity contribution is 7.91. The van der Waals surface area contributed by atoms with Gasteiger partial charge < -0.3 is 5.11 Å². The average Bonchev–Trinajstić information content (AvgIpc) is 2.35. The van der Waals surface area contributed by atoms with Crippen LogP contribution in [0.15, 0.2) is 18.2 Å². The van der Waals surface area contributed by atoms with E-state index in [1.807, 2.05) is 0 Å². The molecule has 4 nitrogen and oxygen atoms in total. The molecule has 1 aliphatic rings. The summed E-state index contributed by atoms with van der Waals surface area (Å²) >= 11 is 0. The van der Waals surface area contributed by atoms with E-state index in [-0.39, 0.29) is 0 Å².